The van der Waals surface area contributed by atoms with Crippen molar-refractivity contribution in [2.24, 2.45) is 0 Å². The molecule has 0 spiro atoms. The Morgan fingerprint density at radius 3 is 1.57 bits per heavy atom. The Bertz CT molecular complexity index is 3590. The van der Waals surface area contributed by atoms with E-state index in [0.29, 0.717) is 5.82 Å². The fourth-order valence-corrected chi connectivity index (χ4v) is 10.2. The summed E-state index contributed by atoms with van der Waals surface area (Å²) in [6.07, 6.45) is 0. The molecule has 0 saturated carbocycles. The van der Waals surface area contributed by atoms with Crippen LogP contribution in [0, 0.1) is 0 Å². The molecule has 12 aromatic rings. The lowest BCUT2D eigenvalue weighted by Crippen LogP contribution is -1.96. The zero-order valence-corrected chi connectivity index (χ0v) is 33.9. The third kappa shape index (κ3) is 6.18. The van der Waals surface area contributed by atoms with Crippen LogP contribution in [0.2, 0.25) is 0 Å². The summed E-state index contributed by atoms with van der Waals surface area (Å²) in [5.41, 5.74) is 11.0. The molecule has 284 valence electrons. The van der Waals surface area contributed by atoms with Crippen LogP contribution in [-0.2, 0) is 0 Å². The van der Waals surface area contributed by atoms with Crippen LogP contribution in [0.25, 0.3) is 120 Å². The lowest BCUT2D eigenvalue weighted by Gasteiger charge is -2.17. The van der Waals surface area contributed by atoms with E-state index in [1.807, 2.05) is 29.5 Å². The van der Waals surface area contributed by atoms with E-state index in [2.05, 4.69) is 200 Å². The number of hydrogen-bond donors (Lipinski definition) is 0. The number of benzene rings is 10. The van der Waals surface area contributed by atoms with E-state index < -0.39 is 0 Å². The molecule has 10 aromatic carbocycles. The highest BCUT2D eigenvalue weighted by molar-refractivity contribution is 7.22. The van der Waals surface area contributed by atoms with E-state index in [4.69, 9.17) is 9.97 Å². The summed E-state index contributed by atoms with van der Waals surface area (Å²) in [6, 6.07) is 78.8. The van der Waals surface area contributed by atoms with Crippen molar-refractivity contribution in [1.82, 2.24) is 9.97 Å². The standard InChI is InChI=1S/C58H36N2S/c1-2-13-42(14-3-1)58-59-53(36-54(60-58)40-26-28-41(29-27-40)56-35-44-16-6-11-21-55(44)61-56)39-24-22-38(23-25-39)46-32-33-50(49-20-10-9-19-48(46)49)57-47-18-8-5-15-43(47)34-52-45-17-7-4-12-37(45)30-31-51(52)57/h1-36H. The predicted molar refractivity (Wildman–Crippen MR) is 260 cm³/mol. The van der Waals surface area contributed by atoms with E-state index in [1.54, 1.807) is 0 Å². The molecule has 0 unspecified atom stereocenters. The Labute approximate surface area is 357 Å². The number of aromatic nitrogens is 2. The molecule has 0 bridgehead atoms. The van der Waals surface area contributed by atoms with Gasteiger partial charge in [-0.15, -0.1) is 11.3 Å². The summed E-state index contributed by atoms with van der Waals surface area (Å²) in [6.45, 7) is 0. The first-order valence-electron chi connectivity index (χ1n) is 20.7. The molecule has 0 aliphatic rings. The molecule has 0 aliphatic heterocycles. The van der Waals surface area contributed by atoms with Gasteiger partial charge in [-0.3, -0.25) is 0 Å². The van der Waals surface area contributed by atoms with E-state index in [-0.39, 0.29) is 0 Å². The molecule has 3 heteroatoms. The highest BCUT2D eigenvalue weighted by Crippen LogP contribution is 2.44. The first kappa shape index (κ1) is 35.2. The van der Waals surface area contributed by atoms with Crippen LogP contribution >= 0.6 is 11.3 Å². The molecule has 0 amide bonds. The smallest absolute Gasteiger partial charge is 0.160 e. The maximum atomic E-state index is 5.15. The highest BCUT2D eigenvalue weighted by Gasteiger charge is 2.17. The topological polar surface area (TPSA) is 25.8 Å². The lowest BCUT2D eigenvalue weighted by atomic mass is 9.86. The van der Waals surface area contributed by atoms with Gasteiger partial charge in [0.25, 0.3) is 0 Å². The largest absolute Gasteiger partial charge is 0.228 e. The van der Waals surface area contributed by atoms with Gasteiger partial charge in [-0.05, 0) is 101 Å². The molecule has 61 heavy (non-hydrogen) atoms. The molecule has 0 radical (unpaired) electrons. The summed E-state index contributed by atoms with van der Waals surface area (Å²) in [5, 5.41) is 11.3. The SMILES string of the molecule is c1ccc(-c2nc(-c3ccc(-c4cc5ccccc5s4)cc3)cc(-c3ccc(-c4ccc(-c5c6ccccc6cc6c5ccc5ccccc56)c5ccccc45)cc3)n2)cc1. The summed E-state index contributed by atoms with van der Waals surface area (Å²) in [4.78, 5) is 11.5. The summed E-state index contributed by atoms with van der Waals surface area (Å²) in [7, 11) is 0. The molecular formula is C58H36N2S. The summed E-state index contributed by atoms with van der Waals surface area (Å²) >= 11 is 1.83. The van der Waals surface area contributed by atoms with Gasteiger partial charge in [0.2, 0.25) is 0 Å². The highest BCUT2D eigenvalue weighted by atomic mass is 32.1. The third-order valence-electron chi connectivity index (χ3n) is 12.1. The number of thiophene rings is 1. The monoisotopic (exact) mass is 792 g/mol. The summed E-state index contributed by atoms with van der Waals surface area (Å²) in [5.74, 6) is 0.710. The van der Waals surface area contributed by atoms with Crippen LogP contribution in [0.15, 0.2) is 218 Å². The van der Waals surface area contributed by atoms with Gasteiger partial charge in [-0.25, -0.2) is 9.97 Å². The lowest BCUT2D eigenvalue weighted by molar-refractivity contribution is 1.18. The van der Waals surface area contributed by atoms with E-state index in [1.165, 1.54) is 80.3 Å². The number of rotatable bonds is 6. The molecule has 0 aliphatic carbocycles. The average molecular weight is 793 g/mol. The van der Waals surface area contributed by atoms with Crippen molar-refractivity contribution in [2.75, 3.05) is 0 Å². The van der Waals surface area contributed by atoms with Crippen molar-refractivity contribution in [3.8, 4) is 66.6 Å². The second-order valence-corrected chi connectivity index (χ2v) is 16.8. The van der Waals surface area contributed by atoms with Crippen molar-refractivity contribution in [3.05, 3.63) is 218 Å². The minimum atomic E-state index is 0.710. The van der Waals surface area contributed by atoms with Crippen molar-refractivity contribution in [3.63, 3.8) is 0 Å². The van der Waals surface area contributed by atoms with Crippen molar-refractivity contribution in [1.29, 1.82) is 0 Å². The van der Waals surface area contributed by atoms with E-state index >= 15 is 0 Å². The first-order valence-corrected chi connectivity index (χ1v) is 21.5. The van der Waals surface area contributed by atoms with Gasteiger partial charge >= 0.3 is 0 Å². The molecule has 2 heterocycles. The van der Waals surface area contributed by atoms with Crippen LogP contribution in [0.5, 0.6) is 0 Å². The normalized spacial score (nSPS) is 11.6. The Morgan fingerprint density at radius 2 is 0.852 bits per heavy atom. The molecule has 0 N–H and O–H groups in total. The van der Waals surface area contributed by atoms with Gasteiger partial charge < -0.3 is 0 Å². The molecule has 0 saturated heterocycles. The van der Waals surface area contributed by atoms with Crippen LogP contribution in [0.3, 0.4) is 0 Å². The van der Waals surface area contributed by atoms with Gasteiger partial charge in [0, 0.05) is 26.3 Å². The molecular weight excluding hydrogens is 757 g/mol. The fraction of sp³-hybridized carbons (Fsp3) is 0. The zero-order valence-electron chi connectivity index (χ0n) is 33.1. The minimum Gasteiger partial charge on any atom is -0.228 e. The second-order valence-electron chi connectivity index (χ2n) is 15.7. The second kappa shape index (κ2) is 14.5. The van der Waals surface area contributed by atoms with Crippen molar-refractivity contribution in [2.45, 2.75) is 0 Å². The fourth-order valence-electron chi connectivity index (χ4n) is 9.09. The number of hydrogen-bond acceptors (Lipinski definition) is 3. The number of fused-ring (bicyclic) bond motifs is 6. The maximum absolute atomic E-state index is 5.15. The van der Waals surface area contributed by atoms with Crippen LogP contribution in [0.4, 0.5) is 0 Å². The van der Waals surface area contributed by atoms with E-state index in [9.17, 15) is 0 Å². The molecule has 12 rings (SSSR count). The Hall–Kier alpha value is -7.72. The van der Waals surface area contributed by atoms with Gasteiger partial charge in [-0.1, -0.05) is 194 Å². The molecule has 0 atom stereocenters. The Morgan fingerprint density at radius 1 is 0.295 bits per heavy atom. The summed E-state index contributed by atoms with van der Waals surface area (Å²) < 4.78 is 1.30. The van der Waals surface area contributed by atoms with Gasteiger partial charge in [0.1, 0.15) is 0 Å². The first-order chi connectivity index (χ1) is 30.2. The third-order valence-corrected chi connectivity index (χ3v) is 13.3. The van der Waals surface area contributed by atoms with Crippen LogP contribution < -0.4 is 0 Å². The molecule has 2 nitrogen and oxygen atoms in total. The zero-order chi connectivity index (χ0) is 40.3. The number of nitrogens with zero attached hydrogens (tertiary/aromatic N) is 2. The average Bonchev–Trinajstić information content (AvgIpc) is 3.78. The van der Waals surface area contributed by atoms with Gasteiger partial charge in [0.15, 0.2) is 5.82 Å². The van der Waals surface area contributed by atoms with Crippen molar-refractivity contribution >= 4 is 64.5 Å². The van der Waals surface area contributed by atoms with Gasteiger partial charge in [0.05, 0.1) is 11.4 Å². The van der Waals surface area contributed by atoms with Crippen molar-refractivity contribution < 1.29 is 0 Å². The van der Waals surface area contributed by atoms with Gasteiger partial charge in [-0.2, -0.15) is 0 Å². The predicted octanol–water partition coefficient (Wildman–Crippen LogP) is 16.3. The minimum absolute atomic E-state index is 0.710. The Balaban J connectivity index is 0.943. The Kier molecular flexibility index (Phi) is 8.39. The van der Waals surface area contributed by atoms with Crippen LogP contribution in [-0.4, -0.2) is 9.97 Å². The van der Waals surface area contributed by atoms with Crippen LogP contribution in [0.1, 0.15) is 0 Å². The van der Waals surface area contributed by atoms with E-state index in [0.717, 1.165) is 33.6 Å². The molecule has 0 fully saturated rings. The molecule has 2 aromatic heterocycles. The maximum Gasteiger partial charge on any atom is 0.160 e. The quantitative estimate of drug-likeness (QED) is 0.124.